The van der Waals surface area contributed by atoms with Crippen LogP contribution in [0.15, 0.2) is 0 Å². The minimum absolute atomic E-state index is 0.326. The fourth-order valence-corrected chi connectivity index (χ4v) is 2.87. The van der Waals surface area contributed by atoms with Gasteiger partial charge in [0.1, 0.15) is 0 Å². The van der Waals surface area contributed by atoms with Crippen molar-refractivity contribution in [1.82, 2.24) is 4.31 Å². The average molecular weight is 191 g/mol. The molecule has 1 heterocycles. The van der Waals surface area contributed by atoms with E-state index in [0.717, 1.165) is 6.42 Å². The summed E-state index contributed by atoms with van der Waals surface area (Å²) in [7, 11) is -1.22. The highest BCUT2D eigenvalue weighted by Crippen LogP contribution is 2.23. The van der Waals surface area contributed by atoms with E-state index in [4.69, 9.17) is 0 Å². The molecule has 0 aromatic rings. The van der Waals surface area contributed by atoms with Crippen LogP contribution in [0.2, 0.25) is 0 Å². The van der Waals surface area contributed by atoms with Crippen LogP contribution in [0.3, 0.4) is 0 Å². The Balaban J connectivity index is 2.64. The molecule has 0 radical (unpaired) electrons. The Kier molecular flexibility index (Phi) is 2.78. The van der Waals surface area contributed by atoms with Crippen LogP contribution in [-0.2, 0) is 10.0 Å². The van der Waals surface area contributed by atoms with Crippen molar-refractivity contribution >= 4 is 10.0 Å². The molecular formula is C8H17NO2S. The van der Waals surface area contributed by atoms with Gasteiger partial charge in [-0.2, -0.15) is 0 Å². The molecule has 12 heavy (non-hydrogen) atoms. The molecule has 1 saturated heterocycles. The number of hydrogen-bond acceptors (Lipinski definition) is 2. The van der Waals surface area contributed by atoms with E-state index in [1.54, 1.807) is 7.05 Å². The van der Waals surface area contributed by atoms with Gasteiger partial charge in [-0.15, -0.1) is 0 Å². The van der Waals surface area contributed by atoms with Crippen molar-refractivity contribution in [1.29, 1.82) is 0 Å². The molecule has 1 aliphatic rings. The summed E-state index contributed by atoms with van der Waals surface area (Å²) in [6.45, 7) is 4.99. The number of sulfonamides is 1. The van der Waals surface area contributed by atoms with E-state index in [1.165, 1.54) is 4.31 Å². The lowest BCUT2D eigenvalue weighted by Gasteiger charge is -2.31. The maximum absolute atomic E-state index is 11.3. The summed E-state index contributed by atoms with van der Waals surface area (Å²) in [6.07, 6.45) is 0.824. The molecule has 0 amide bonds. The predicted octanol–water partition coefficient (Wildman–Crippen LogP) is 0.924. The Morgan fingerprint density at radius 1 is 1.42 bits per heavy atom. The Labute approximate surface area is 74.8 Å². The van der Waals surface area contributed by atoms with Gasteiger partial charge in [-0.05, 0) is 18.3 Å². The molecule has 0 N–H and O–H groups in total. The molecule has 1 fully saturated rings. The van der Waals surface area contributed by atoms with Crippen LogP contribution >= 0.6 is 0 Å². The Morgan fingerprint density at radius 2 is 2.00 bits per heavy atom. The molecule has 1 aliphatic heterocycles. The SMILES string of the molecule is CC(C)[C@H]1CCS(=O)(=O)N(C)C1. The predicted molar refractivity (Wildman–Crippen MR) is 49.4 cm³/mol. The molecular weight excluding hydrogens is 174 g/mol. The Bertz CT molecular complexity index is 246. The van der Waals surface area contributed by atoms with E-state index in [9.17, 15) is 8.42 Å². The van der Waals surface area contributed by atoms with E-state index in [0.29, 0.717) is 24.1 Å². The van der Waals surface area contributed by atoms with E-state index in [1.807, 2.05) is 0 Å². The van der Waals surface area contributed by atoms with Gasteiger partial charge < -0.3 is 0 Å². The molecule has 0 spiro atoms. The van der Waals surface area contributed by atoms with Gasteiger partial charge >= 0.3 is 0 Å². The second-order valence-corrected chi connectivity index (χ2v) is 6.08. The van der Waals surface area contributed by atoms with Crippen molar-refractivity contribution in [2.75, 3.05) is 19.3 Å². The molecule has 3 nitrogen and oxygen atoms in total. The highest BCUT2D eigenvalue weighted by molar-refractivity contribution is 7.89. The summed E-state index contributed by atoms with van der Waals surface area (Å²) in [5, 5.41) is 0. The largest absolute Gasteiger partial charge is 0.213 e. The summed E-state index contributed by atoms with van der Waals surface area (Å²) in [4.78, 5) is 0. The zero-order valence-corrected chi connectivity index (χ0v) is 8.76. The molecule has 0 bridgehead atoms. The van der Waals surface area contributed by atoms with Crippen molar-refractivity contribution in [3.05, 3.63) is 0 Å². The van der Waals surface area contributed by atoms with Gasteiger partial charge in [-0.25, -0.2) is 12.7 Å². The topological polar surface area (TPSA) is 37.4 Å². The zero-order chi connectivity index (χ0) is 9.35. The lowest BCUT2D eigenvalue weighted by Crippen LogP contribution is -2.41. The maximum atomic E-state index is 11.3. The molecule has 72 valence electrons. The van der Waals surface area contributed by atoms with Crippen molar-refractivity contribution in [2.24, 2.45) is 11.8 Å². The summed E-state index contributed by atoms with van der Waals surface area (Å²) in [5.74, 6) is 1.45. The molecule has 1 atom stereocenters. The van der Waals surface area contributed by atoms with Crippen molar-refractivity contribution in [2.45, 2.75) is 20.3 Å². The van der Waals surface area contributed by atoms with Gasteiger partial charge in [0.05, 0.1) is 5.75 Å². The highest BCUT2D eigenvalue weighted by atomic mass is 32.2. The minimum atomic E-state index is -2.89. The van der Waals surface area contributed by atoms with Crippen LogP contribution in [0, 0.1) is 11.8 Å². The monoisotopic (exact) mass is 191 g/mol. The molecule has 1 rings (SSSR count). The maximum Gasteiger partial charge on any atom is 0.213 e. The minimum Gasteiger partial charge on any atom is -0.212 e. The van der Waals surface area contributed by atoms with Gasteiger partial charge in [-0.1, -0.05) is 13.8 Å². The van der Waals surface area contributed by atoms with Gasteiger partial charge in [0.25, 0.3) is 0 Å². The van der Waals surface area contributed by atoms with Crippen LogP contribution in [-0.4, -0.2) is 32.1 Å². The molecule has 0 aliphatic carbocycles. The second kappa shape index (κ2) is 3.34. The van der Waals surface area contributed by atoms with Crippen LogP contribution in [0.4, 0.5) is 0 Å². The molecule has 0 aromatic carbocycles. The van der Waals surface area contributed by atoms with Crippen LogP contribution < -0.4 is 0 Å². The third kappa shape index (κ3) is 1.98. The Hall–Kier alpha value is -0.0900. The van der Waals surface area contributed by atoms with Crippen molar-refractivity contribution in [3.8, 4) is 0 Å². The van der Waals surface area contributed by atoms with Gasteiger partial charge in [-0.3, -0.25) is 0 Å². The van der Waals surface area contributed by atoms with Crippen LogP contribution in [0.25, 0.3) is 0 Å². The zero-order valence-electron chi connectivity index (χ0n) is 7.95. The summed E-state index contributed by atoms with van der Waals surface area (Å²) in [5.41, 5.74) is 0. The molecule has 0 saturated carbocycles. The van der Waals surface area contributed by atoms with E-state index < -0.39 is 10.0 Å². The normalized spacial score (nSPS) is 30.8. The molecule has 4 heteroatoms. The number of nitrogens with zero attached hydrogens (tertiary/aromatic N) is 1. The first-order valence-electron chi connectivity index (χ1n) is 4.37. The summed E-state index contributed by atoms with van der Waals surface area (Å²) in [6, 6.07) is 0. The summed E-state index contributed by atoms with van der Waals surface area (Å²) < 4.78 is 24.0. The van der Waals surface area contributed by atoms with Crippen molar-refractivity contribution in [3.63, 3.8) is 0 Å². The van der Waals surface area contributed by atoms with Crippen LogP contribution in [0.5, 0.6) is 0 Å². The first-order chi connectivity index (χ1) is 5.43. The van der Waals surface area contributed by atoms with E-state index >= 15 is 0 Å². The standard InChI is InChI=1S/C8H17NO2S/c1-7(2)8-4-5-12(10,11)9(3)6-8/h7-8H,4-6H2,1-3H3/t8-/m0/s1. The van der Waals surface area contributed by atoms with E-state index in [2.05, 4.69) is 13.8 Å². The van der Waals surface area contributed by atoms with Gasteiger partial charge in [0, 0.05) is 13.6 Å². The fraction of sp³-hybridized carbons (Fsp3) is 1.00. The second-order valence-electron chi connectivity index (χ2n) is 3.89. The van der Waals surface area contributed by atoms with Crippen molar-refractivity contribution < 1.29 is 8.42 Å². The Morgan fingerprint density at radius 3 is 2.42 bits per heavy atom. The van der Waals surface area contributed by atoms with Gasteiger partial charge in [0.2, 0.25) is 10.0 Å². The first-order valence-corrected chi connectivity index (χ1v) is 5.98. The molecule has 0 unspecified atom stereocenters. The number of hydrogen-bond donors (Lipinski definition) is 0. The number of rotatable bonds is 1. The lowest BCUT2D eigenvalue weighted by atomic mass is 9.93. The summed E-state index contributed by atoms with van der Waals surface area (Å²) >= 11 is 0. The highest BCUT2D eigenvalue weighted by Gasteiger charge is 2.29. The van der Waals surface area contributed by atoms with E-state index in [-0.39, 0.29) is 0 Å². The molecule has 0 aromatic heterocycles. The quantitative estimate of drug-likeness (QED) is 0.618. The fourth-order valence-electron chi connectivity index (χ4n) is 1.54. The lowest BCUT2D eigenvalue weighted by molar-refractivity contribution is 0.282. The first kappa shape index (κ1) is 9.99. The third-order valence-electron chi connectivity index (χ3n) is 2.66. The average Bonchev–Trinajstić information content (AvgIpc) is 1.94. The van der Waals surface area contributed by atoms with Gasteiger partial charge in [0.15, 0.2) is 0 Å². The van der Waals surface area contributed by atoms with Crippen LogP contribution in [0.1, 0.15) is 20.3 Å². The third-order valence-corrected chi connectivity index (χ3v) is 4.51. The smallest absolute Gasteiger partial charge is 0.212 e.